The van der Waals surface area contributed by atoms with Crippen molar-refractivity contribution >= 4 is 47.0 Å². The van der Waals surface area contributed by atoms with Crippen LogP contribution in [0.15, 0.2) is 53.4 Å². The molecule has 3 N–H and O–H groups in total. The summed E-state index contributed by atoms with van der Waals surface area (Å²) in [5.74, 6) is -0.655. The molecule has 2 aromatic rings. The van der Waals surface area contributed by atoms with Crippen molar-refractivity contribution in [3.8, 4) is 0 Å². The van der Waals surface area contributed by atoms with Gasteiger partial charge >= 0.3 is 12.0 Å². The Morgan fingerprint density at radius 1 is 1.00 bits per heavy atom. The average Bonchev–Trinajstić information content (AvgIpc) is 2.66. The Morgan fingerprint density at radius 3 is 2.30 bits per heavy atom. The van der Waals surface area contributed by atoms with Crippen molar-refractivity contribution < 1.29 is 19.1 Å². The molecule has 0 unspecified atom stereocenters. The number of thioether (sulfide) groups is 1. The number of anilines is 1. The third kappa shape index (κ3) is 7.20. The van der Waals surface area contributed by atoms with Gasteiger partial charge in [0.05, 0.1) is 17.9 Å². The highest BCUT2D eigenvalue weighted by Gasteiger charge is 2.08. The van der Waals surface area contributed by atoms with Crippen LogP contribution < -0.4 is 16.2 Å². The maximum Gasteiger partial charge on any atom is 0.338 e. The first-order valence-corrected chi connectivity index (χ1v) is 9.35. The van der Waals surface area contributed by atoms with Gasteiger partial charge in [-0.1, -0.05) is 11.6 Å². The van der Waals surface area contributed by atoms with Crippen LogP contribution in [0.5, 0.6) is 0 Å². The van der Waals surface area contributed by atoms with E-state index in [1.807, 2.05) is 0 Å². The van der Waals surface area contributed by atoms with E-state index < -0.39 is 12.0 Å². The zero-order chi connectivity index (χ0) is 19.6. The highest BCUT2D eigenvalue weighted by molar-refractivity contribution is 8.00. The van der Waals surface area contributed by atoms with Crippen molar-refractivity contribution in [3.05, 3.63) is 59.1 Å². The molecule has 0 atom stereocenters. The number of amides is 3. The van der Waals surface area contributed by atoms with Gasteiger partial charge in [-0.05, 0) is 55.5 Å². The molecule has 142 valence electrons. The van der Waals surface area contributed by atoms with E-state index in [0.29, 0.717) is 16.3 Å². The topological polar surface area (TPSA) is 96.5 Å². The van der Waals surface area contributed by atoms with Crippen LogP contribution in [0.1, 0.15) is 17.3 Å². The van der Waals surface area contributed by atoms with Crippen molar-refractivity contribution in [3.63, 3.8) is 0 Å². The standard InChI is InChI=1S/C18H18ClN3O4S/c1-2-26-17(24)12-3-7-14(8-4-12)20-18(25)22-21-16(23)11-27-15-9-5-13(19)6-10-15/h3-10H,2,11H2,1H3,(H,21,23)(H2,20,22,25). The molecule has 0 bridgehead atoms. The first kappa shape index (κ1) is 20.6. The number of urea groups is 1. The van der Waals surface area contributed by atoms with Gasteiger partial charge in [0.1, 0.15) is 0 Å². The third-order valence-electron chi connectivity index (χ3n) is 3.15. The summed E-state index contributed by atoms with van der Waals surface area (Å²) < 4.78 is 4.88. The smallest absolute Gasteiger partial charge is 0.338 e. The van der Waals surface area contributed by atoms with Gasteiger partial charge in [-0.3, -0.25) is 10.2 Å². The molecule has 0 aliphatic carbocycles. The van der Waals surface area contributed by atoms with E-state index in [1.54, 1.807) is 43.3 Å². The number of hydrogen-bond acceptors (Lipinski definition) is 5. The SMILES string of the molecule is CCOC(=O)c1ccc(NC(=O)NNC(=O)CSc2ccc(Cl)cc2)cc1. The normalized spacial score (nSPS) is 10.0. The highest BCUT2D eigenvalue weighted by atomic mass is 35.5. The molecule has 2 rings (SSSR count). The van der Waals surface area contributed by atoms with Crippen molar-refractivity contribution in [1.82, 2.24) is 10.9 Å². The van der Waals surface area contributed by atoms with Crippen LogP contribution in [0, 0.1) is 0 Å². The van der Waals surface area contributed by atoms with E-state index in [2.05, 4.69) is 16.2 Å². The lowest BCUT2D eigenvalue weighted by Gasteiger charge is -2.09. The maximum absolute atomic E-state index is 11.8. The van der Waals surface area contributed by atoms with E-state index >= 15 is 0 Å². The van der Waals surface area contributed by atoms with Crippen LogP contribution in [0.4, 0.5) is 10.5 Å². The third-order valence-corrected chi connectivity index (χ3v) is 4.42. The Hall–Kier alpha value is -2.71. The lowest BCUT2D eigenvalue weighted by Crippen LogP contribution is -2.44. The zero-order valence-electron chi connectivity index (χ0n) is 14.5. The molecule has 0 heterocycles. The fourth-order valence-corrected chi connectivity index (χ4v) is 2.73. The Bertz CT molecular complexity index is 797. The first-order chi connectivity index (χ1) is 13.0. The average molecular weight is 408 g/mol. The zero-order valence-corrected chi connectivity index (χ0v) is 16.0. The van der Waals surface area contributed by atoms with Gasteiger partial charge in [0.15, 0.2) is 0 Å². The minimum atomic E-state index is -0.608. The molecule has 0 aromatic heterocycles. The van der Waals surface area contributed by atoms with Crippen LogP contribution in [0.25, 0.3) is 0 Å². The molecule has 27 heavy (non-hydrogen) atoms. The number of hydrogen-bond donors (Lipinski definition) is 3. The van der Waals surface area contributed by atoms with Crippen LogP contribution >= 0.6 is 23.4 Å². The minimum absolute atomic E-state index is 0.135. The fourth-order valence-electron chi connectivity index (χ4n) is 1.91. The summed E-state index contributed by atoms with van der Waals surface area (Å²) in [6, 6.07) is 12.7. The lowest BCUT2D eigenvalue weighted by molar-refractivity contribution is -0.119. The van der Waals surface area contributed by atoms with E-state index in [9.17, 15) is 14.4 Å². The number of ether oxygens (including phenoxy) is 1. The molecule has 9 heteroatoms. The molecule has 7 nitrogen and oxygen atoms in total. The number of nitrogens with one attached hydrogen (secondary N) is 3. The number of halogens is 1. The van der Waals surface area contributed by atoms with Gasteiger partial charge in [-0.25, -0.2) is 15.0 Å². The summed E-state index contributed by atoms with van der Waals surface area (Å²) >= 11 is 7.11. The number of benzene rings is 2. The van der Waals surface area contributed by atoms with Gasteiger partial charge in [0.2, 0.25) is 5.91 Å². The molecule has 0 fully saturated rings. The molecule has 0 spiro atoms. The predicted molar refractivity (Wildman–Crippen MR) is 105 cm³/mol. The summed E-state index contributed by atoms with van der Waals surface area (Å²) in [7, 11) is 0. The van der Waals surface area contributed by atoms with Gasteiger partial charge < -0.3 is 10.1 Å². The predicted octanol–water partition coefficient (Wildman–Crippen LogP) is 3.46. The van der Waals surface area contributed by atoms with Crippen LogP contribution in [-0.4, -0.2) is 30.3 Å². The van der Waals surface area contributed by atoms with Crippen molar-refractivity contribution in [1.29, 1.82) is 0 Å². The Labute approximate surface area is 165 Å². The molecular weight excluding hydrogens is 390 g/mol. The van der Waals surface area contributed by atoms with Gasteiger partial charge in [0.25, 0.3) is 0 Å². The summed E-state index contributed by atoms with van der Waals surface area (Å²) in [6.07, 6.45) is 0. The monoisotopic (exact) mass is 407 g/mol. The number of carbonyl (C=O) groups excluding carboxylic acids is 3. The van der Waals surface area contributed by atoms with E-state index in [4.69, 9.17) is 16.3 Å². The van der Waals surface area contributed by atoms with Gasteiger partial charge in [-0.15, -0.1) is 11.8 Å². The molecule has 0 radical (unpaired) electrons. The second kappa shape index (κ2) is 10.4. The molecule has 0 aliphatic rings. The molecule has 0 aliphatic heterocycles. The quantitative estimate of drug-likeness (QED) is 0.387. The summed E-state index contributed by atoms with van der Waals surface area (Å²) in [5.41, 5.74) is 5.41. The Kier molecular flexibility index (Phi) is 7.97. The highest BCUT2D eigenvalue weighted by Crippen LogP contribution is 2.19. The Morgan fingerprint density at radius 2 is 1.67 bits per heavy atom. The number of rotatable bonds is 6. The second-order valence-electron chi connectivity index (χ2n) is 5.17. The van der Waals surface area contributed by atoms with E-state index in [-0.39, 0.29) is 18.3 Å². The number of carbonyl (C=O) groups is 3. The summed E-state index contributed by atoms with van der Waals surface area (Å²) in [4.78, 5) is 36.0. The first-order valence-electron chi connectivity index (χ1n) is 7.99. The molecule has 3 amide bonds. The Balaban J connectivity index is 1.72. The van der Waals surface area contributed by atoms with Crippen molar-refractivity contribution in [2.24, 2.45) is 0 Å². The molecule has 0 saturated carbocycles. The largest absolute Gasteiger partial charge is 0.462 e. The number of esters is 1. The van der Waals surface area contributed by atoms with Crippen molar-refractivity contribution in [2.45, 2.75) is 11.8 Å². The lowest BCUT2D eigenvalue weighted by atomic mass is 10.2. The van der Waals surface area contributed by atoms with E-state index in [1.165, 1.54) is 23.9 Å². The van der Waals surface area contributed by atoms with Crippen LogP contribution in [0.3, 0.4) is 0 Å². The van der Waals surface area contributed by atoms with E-state index in [0.717, 1.165) is 4.90 Å². The van der Waals surface area contributed by atoms with Crippen LogP contribution in [-0.2, 0) is 9.53 Å². The molecule has 0 saturated heterocycles. The molecular formula is C18H18ClN3O4S. The fraction of sp³-hybridized carbons (Fsp3) is 0.167. The van der Waals surface area contributed by atoms with Crippen LogP contribution in [0.2, 0.25) is 5.02 Å². The van der Waals surface area contributed by atoms with Gasteiger partial charge in [-0.2, -0.15) is 0 Å². The van der Waals surface area contributed by atoms with Gasteiger partial charge in [0, 0.05) is 15.6 Å². The summed E-state index contributed by atoms with van der Waals surface area (Å²) in [5, 5.41) is 3.16. The second-order valence-corrected chi connectivity index (χ2v) is 6.65. The number of hydrazine groups is 1. The maximum atomic E-state index is 11.8. The minimum Gasteiger partial charge on any atom is -0.462 e. The van der Waals surface area contributed by atoms with Crippen molar-refractivity contribution in [2.75, 3.05) is 17.7 Å². The molecule has 2 aromatic carbocycles. The summed E-state index contributed by atoms with van der Waals surface area (Å²) in [6.45, 7) is 2.01.